The molecule has 0 bridgehead atoms. The predicted octanol–water partition coefficient (Wildman–Crippen LogP) is 2.80. The van der Waals surface area contributed by atoms with Gasteiger partial charge in [0.05, 0.1) is 18.2 Å². The Labute approximate surface area is 168 Å². The standard InChI is InChI=1S/C21H36N4O3/c1-15(2)28-21(27)24-13-7-16(8-14-24)23-11-9-17(10-12-23)25-19-6-4-3-5-18(19)22-20(25)26/h15-19H,3-14H2,1-2H3,(H,22,26)/t18-,19-/m0/s1. The lowest BCUT2D eigenvalue weighted by Gasteiger charge is -2.44. The predicted molar refractivity (Wildman–Crippen MR) is 107 cm³/mol. The molecule has 3 amide bonds. The Bertz CT molecular complexity index is 568. The molecular weight excluding hydrogens is 356 g/mol. The molecule has 3 heterocycles. The van der Waals surface area contributed by atoms with Crippen molar-refractivity contribution in [3.8, 4) is 0 Å². The van der Waals surface area contributed by atoms with Crippen LogP contribution in [0, 0.1) is 0 Å². The second kappa shape index (κ2) is 8.47. The van der Waals surface area contributed by atoms with Gasteiger partial charge in [-0.05, 0) is 52.4 Å². The summed E-state index contributed by atoms with van der Waals surface area (Å²) in [6, 6.07) is 1.93. The molecule has 4 rings (SSSR count). The van der Waals surface area contributed by atoms with Crippen LogP contribution in [0.1, 0.15) is 65.2 Å². The lowest BCUT2D eigenvalue weighted by Crippen LogP contribution is -2.53. The fraction of sp³-hybridized carbons (Fsp3) is 0.905. The molecule has 0 radical (unpaired) electrons. The van der Waals surface area contributed by atoms with E-state index in [0.29, 0.717) is 24.2 Å². The number of hydrogen-bond acceptors (Lipinski definition) is 4. The minimum absolute atomic E-state index is 0.0594. The van der Waals surface area contributed by atoms with Crippen molar-refractivity contribution < 1.29 is 14.3 Å². The van der Waals surface area contributed by atoms with Gasteiger partial charge >= 0.3 is 12.1 Å². The molecule has 0 spiro atoms. The maximum atomic E-state index is 12.6. The summed E-state index contributed by atoms with van der Waals surface area (Å²) in [6.45, 7) is 7.48. The molecule has 3 aliphatic heterocycles. The molecule has 1 N–H and O–H groups in total. The summed E-state index contributed by atoms with van der Waals surface area (Å²) in [5.74, 6) is 0. The number of amides is 3. The maximum absolute atomic E-state index is 12.6. The first-order valence-electron chi connectivity index (χ1n) is 11.3. The topological polar surface area (TPSA) is 65.1 Å². The van der Waals surface area contributed by atoms with E-state index in [4.69, 9.17) is 4.74 Å². The number of ether oxygens (including phenoxy) is 1. The summed E-state index contributed by atoms with van der Waals surface area (Å²) in [7, 11) is 0. The van der Waals surface area contributed by atoms with Gasteiger partial charge in [-0.2, -0.15) is 0 Å². The molecule has 158 valence electrons. The molecule has 2 atom stereocenters. The molecular formula is C21H36N4O3. The second-order valence-electron chi connectivity index (χ2n) is 9.23. The van der Waals surface area contributed by atoms with Gasteiger partial charge in [-0.15, -0.1) is 0 Å². The number of carbonyl (C=O) groups excluding carboxylic acids is 2. The number of rotatable bonds is 3. The average molecular weight is 393 g/mol. The van der Waals surface area contributed by atoms with Crippen LogP contribution in [0.3, 0.4) is 0 Å². The molecule has 1 saturated carbocycles. The third kappa shape index (κ3) is 4.09. The molecule has 0 unspecified atom stereocenters. The van der Waals surface area contributed by atoms with Crippen molar-refractivity contribution in [3.05, 3.63) is 0 Å². The van der Waals surface area contributed by atoms with E-state index in [9.17, 15) is 9.59 Å². The first-order valence-corrected chi connectivity index (χ1v) is 11.3. The number of nitrogens with one attached hydrogen (secondary N) is 1. The summed E-state index contributed by atoms with van der Waals surface area (Å²) >= 11 is 0. The molecule has 0 aromatic carbocycles. The van der Waals surface area contributed by atoms with Crippen molar-refractivity contribution >= 4 is 12.1 Å². The van der Waals surface area contributed by atoms with E-state index < -0.39 is 0 Å². The number of nitrogens with zero attached hydrogens (tertiary/aromatic N) is 3. The van der Waals surface area contributed by atoms with Crippen LogP contribution in [0.25, 0.3) is 0 Å². The highest BCUT2D eigenvalue weighted by atomic mass is 16.6. The summed E-state index contributed by atoms with van der Waals surface area (Å²) in [5.41, 5.74) is 0. The number of urea groups is 1. The van der Waals surface area contributed by atoms with E-state index in [1.807, 2.05) is 18.7 Å². The van der Waals surface area contributed by atoms with Gasteiger partial charge in [-0.1, -0.05) is 12.8 Å². The third-order valence-corrected chi connectivity index (χ3v) is 7.10. The number of hydrogen-bond donors (Lipinski definition) is 1. The van der Waals surface area contributed by atoms with Gasteiger partial charge in [-0.25, -0.2) is 9.59 Å². The lowest BCUT2D eigenvalue weighted by molar-refractivity contribution is 0.0400. The Morgan fingerprint density at radius 2 is 1.61 bits per heavy atom. The average Bonchev–Trinajstić information content (AvgIpc) is 3.03. The zero-order chi connectivity index (χ0) is 19.7. The van der Waals surface area contributed by atoms with Crippen LogP contribution >= 0.6 is 0 Å². The van der Waals surface area contributed by atoms with Crippen LogP contribution in [0.2, 0.25) is 0 Å². The van der Waals surface area contributed by atoms with Crippen LogP contribution < -0.4 is 5.32 Å². The molecule has 0 aromatic rings. The van der Waals surface area contributed by atoms with Crippen molar-refractivity contribution in [3.63, 3.8) is 0 Å². The van der Waals surface area contributed by atoms with E-state index in [1.54, 1.807) is 0 Å². The molecule has 4 fully saturated rings. The Balaban J connectivity index is 1.25. The van der Waals surface area contributed by atoms with Crippen molar-refractivity contribution in [1.29, 1.82) is 0 Å². The Kier molecular flexibility index (Phi) is 5.99. The van der Waals surface area contributed by atoms with Gasteiger partial charge < -0.3 is 24.8 Å². The number of carbonyl (C=O) groups is 2. The van der Waals surface area contributed by atoms with Crippen molar-refractivity contribution in [2.75, 3.05) is 26.2 Å². The SMILES string of the molecule is CC(C)OC(=O)N1CCC(N2CCC(N3C(=O)N[C@H]4CCCC[C@@H]43)CC2)CC1. The number of piperidine rings is 2. The van der Waals surface area contributed by atoms with E-state index >= 15 is 0 Å². The van der Waals surface area contributed by atoms with Crippen LogP contribution in [-0.2, 0) is 4.74 Å². The molecule has 4 aliphatic rings. The fourth-order valence-corrected chi connectivity index (χ4v) is 5.65. The highest BCUT2D eigenvalue weighted by molar-refractivity contribution is 5.78. The quantitative estimate of drug-likeness (QED) is 0.802. The summed E-state index contributed by atoms with van der Waals surface area (Å²) in [5, 5.41) is 3.23. The van der Waals surface area contributed by atoms with E-state index in [2.05, 4.69) is 15.1 Å². The largest absolute Gasteiger partial charge is 0.447 e. The first kappa shape index (κ1) is 19.8. The van der Waals surface area contributed by atoms with E-state index in [-0.39, 0.29) is 18.2 Å². The van der Waals surface area contributed by atoms with Crippen LogP contribution in [0.15, 0.2) is 0 Å². The Morgan fingerprint density at radius 3 is 2.29 bits per heavy atom. The summed E-state index contributed by atoms with van der Waals surface area (Å²) in [4.78, 5) is 31.3. The smallest absolute Gasteiger partial charge is 0.410 e. The van der Waals surface area contributed by atoms with Gasteiger partial charge in [0.25, 0.3) is 0 Å². The highest BCUT2D eigenvalue weighted by Crippen LogP contribution is 2.33. The van der Waals surface area contributed by atoms with Crippen molar-refractivity contribution in [2.45, 2.75) is 95.5 Å². The monoisotopic (exact) mass is 392 g/mol. The number of fused-ring (bicyclic) bond motifs is 1. The lowest BCUT2D eigenvalue weighted by atomic mass is 9.89. The molecule has 1 aliphatic carbocycles. The van der Waals surface area contributed by atoms with E-state index in [0.717, 1.165) is 64.7 Å². The highest BCUT2D eigenvalue weighted by Gasteiger charge is 2.44. The van der Waals surface area contributed by atoms with Gasteiger partial charge in [0.2, 0.25) is 0 Å². The van der Waals surface area contributed by atoms with Crippen molar-refractivity contribution in [2.24, 2.45) is 0 Å². The summed E-state index contributed by atoms with van der Waals surface area (Å²) in [6.07, 6.45) is 8.77. The third-order valence-electron chi connectivity index (χ3n) is 7.10. The Morgan fingerprint density at radius 1 is 0.964 bits per heavy atom. The second-order valence-corrected chi connectivity index (χ2v) is 9.23. The molecule has 7 heteroatoms. The fourth-order valence-electron chi connectivity index (χ4n) is 5.65. The number of likely N-dealkylation sites (tertiary alicyclic amines) is 2. The normalized spacial score (nSPS) is 30.5. The maximum Gasteiger partial charge on any atom is 0.410 e. The van der Waals surface area contributed by atoms with Gasteiger partial charge in [-0.3, -0.25) is 0 Å². The minimum atomic E-state index is -0.172. The first-order chi connectivity index (χ1) is 13.5. The zero-order valence-corrected chi connectivity index (χ0v) is 17.4. The van der Waals surface area contributed by atoms with Gasteiger partial charge in [0, 0.05) is 38.3 Å². The Hall–Kier alpha value is -1.50. The van der Waals surface area contributed by atoms with Crippen LogP contribution in [-0.4, -0.2) is 83.3 Å². The zero-order valence-electron chi connectivity index (χ0n) is 17.4. The minimum Gasteiger partial charge on any atom is -0.447 e. The molecule has 7 nitrogen and oxygen atoms in total. The summed E-state index contributed by atoms with van der Waals surface area (Å²) < 4.78 is 5.32. The van der Waals surface area contributed by atoms with Gasteiger partial charge in [0.1, 0.15) is 0 Å². The van der Waals surface area contributed by atoms with Crippen LogP contribution in [0.5, 0.6) is 0 Å². The van der Waals surface area contributed by atoms with Gasteiger partial charge in [0.15, 0.2) is 0 Å². The molecule has 28 heavy (non-hydrogen) atoms. The molecule has 0 aromatic heterocycles. The van der Waals surface area contributed by atoms with Crippen LogP contribution in [0.4, 0.5) is 9.59 Å². The molecule has 3 saturated heterocycles. The van der Waals surface area contributed by atoms with E-state index in [1.165, 1.54) is 12.8 Å². The van der Waals surface area contributed by atoms with Crippen molar-refractivity contribution in [1.82, 2.24) is 20.0 Å².